The molecule has 1 aliphatic heterocycles. The fourth-order valence-electron chi connectivity index (χ4n) is 1.62. The van der Waals surface area contributed by atoms with E-state index in [4.69, 9.17) is 4.74 Å². The van der Waals surface area contributed by atoms with Crippen LogP contribution in [-0.2, 0) is 0 Å². The monoisotopic (exact) mass is 195 g/mol. The number of nitrogens with one attached hydrogen (secondary N) is 1. The Bertz CT molecular complexity index is 265. The van der Waals surface area contributed by atoms with Crippen LogP contribution in [0.3, 0.4) is 0 Å². The number of piperidine rings is 1. The Labute approximate surface area is 85.2 Å². The Morgan fingerprint density at radius 1 is 1.50 bits per heavy atom. The fraction of sp³-hybridized carbons (Fsp3) is 0.600. The van der Waals surface area contributed by atoms with E-state index < -0.39 is 0 Å². The van der Waals surface area contributed by atoms with Crippen LogP contribution < -0.4 is 10.1 Å². The summed E-state index contributed by atoms with van der Waals surface area (Å²) in [5, 5.41) is 3.35. The summed E-state index contributed by atoms with van der Waals surface area (Å²) in [6.07, 6.45) is 5.87. The molecule has 1 saturated heterocycles. The van der Waals surface area contributed by atoms with Gasteiger partial charge >= 0.3 is 6.01 Å². The number of ether oxygens (including phenoxy) is 1. The molecule has 2 heterocycles. The van der Waals surface area contributed by atoms with Crippen molar-refractivity contribution < 1.29 is 6.16 Å². The van der Waals surface area contributed by atoms with Gasteiger partial charge in [-0.3, -0.25) is 0 Å². The predicted molar refractivity (Wildman–Crippen MR) is 55.2 cm³/mol. The lowest BCUT2D eigenvalue weighted by Gasteiger charge is -2.21. The summed E-state index contributed by atoms with van der Waals surface area (Å²) >= 11 is 0. The predicted octanol–water partition coefficient (Wildman–Crippen LogP) is 1.10. The molecule has 0 radical (unpaired) electrons. The van der Waals surface area contributed by atoms with Gasteiger partial charge in [-0.2, -0.15) is 0 Å². The molecule has 78 valence electrons. The summed E-state index contributed by atoms with van der Waals surface area (Å²) in [6.45, 7) is 2.90. The Kier molecular flexibility index (Phi) is 3.29. The summed E-state index contributed by atoms with van der Waals surface area (Å²) < 4.78 is 5.48. The molecular weight excluding hydrogens is 178 g/mol. The third-order valence-electron chi connectivity index (χ3n) is 2.39. The van der Waals surface area contributed by atoms with Gasteiger partial charge in [0.1, 0.15) is 0 Å². The van der Waals surface area contributed by atoms with Crippen molar-refractivity contribution in [3.05, 3.63) is 18.5 Å². The lowest BCUT2D eigenvalue weighted by atomic mass is 10.0. The highest BCUT2D eigenvalue weighted by Gasteiger charge is 2.13. The minimum absolute atomic E-state index is 0. The molecule has 0 saturated carbocycles. The van der Waals surface area contributed by atoms with E-state index in [9.17, 15) is 0 Å². The lowest BCUT2D eigenvalue weighted by Crippen LogP contribution is -2.33. The van der Waals surface area contributed by atoms with E-state index in [1.54, 1.807) is 18.5 Å². The summed E-state index contributed by atoms with van der Waals surface area (Å²) in [4.78, 5) is 8.02. The Hall–Kier alpha value is -1.16. The van der Waals surface area contributed by atoms with E-state index in [1.807, 2.05) is 0 Å². The van der Waals surface area contributed by atoms with Crippen LogP contribution in [0.25, 0.3) is 0 Å². The first-order chi connectivity index (χ1) is 6.95. The van der Waals surface area contributed by atoms with Gasteiger partial charge in [0.25, 0.3) is 0 Å². The quantitative estimate of drug-likeness (QED) is 0.784. The third kappa shape index (κ3) is 2.67. The molecule has 1 atom stereocenters. The molecule has 0 spiro atoms. The summed E-state index contributed by atoms with van der Waals surface area (Å²) in [7, 11) is 0. The second-order valence-corrected chi connectivity index (χ2v) is 3.55. The Balaban J connectivity index is 0.00000112. The maximum absolute atomic E-state index is 5.48. The number of aromatic nitrogens is 2. The summed E-state index contributed by atoms with van der Waals surface area (Å²) in [6, 6.07) is 2.27. The van der Waals surface area contributed by atoms with Crippen LogP contribution in [0, 0.1) is 5.92 Å². The smallest absolute Gasteiger partial charge is 0.316 e. The topological polar surface area (TPSA) is 47.0 Å². The molecule has 1 aromatic rings. The fourth-order valence-corrected chi connectivity index (χ4v) is 1.62. The largest absolute Gasteiger partial charge is 0.463 e. The molecule has 0 bridgehead atoms. The van der Waals surface area contributed by atoms with E-state index >= 15 is 0 Å². The van der Waals surface area contributed by atoms with Crippen molar-refractivity contribution in [2.75, 3.05) is 19.7 Å². The first-order valence-electron chi connectivity index (χ1n) is 5.05. The zero-order valence-corrected chi connectivity index (χ0v) is 8.15. The summed E-state index contributed by atoms with van der Waals surface area (Å²) in [5.74, 6) is 0.604. The van der Waals surface area contributed by atoms with Crippen molar-refractivity contribution in [1.29, 1.82) is 0 Å². The molecule has 1 aliphatic rings. The molecular formula is C10H17N3O. The molecule has 0 amide bonds. The van der Waals surface area contributed by atoms with Crippen molar-refractivity contribution in [1.82, 2.24) is 15.3 Å². The number of rotatable bonds is 3. The van der Waals surface area contributed by atoms with E-state index in [2.05, 4.69) is 15.3 Å². The molecule has 0 aromatic carbocycles. The Morgan fingerprint density at radius 2 is 2.36 bits per heavy atom. The second-order valence-electron chi connectivity index (χ2n) is 3.55. The molecule has 4 nitrogen and oxygen atoms in total. The molecule has 1 fully saturated rings. The average Bonchev–Trinajstić information content (AvgIpc) is 2.29. The SMILES string of the molecule is [HH].c1cnc(OC[C@@H]2CCCNC2)nc1. The van der Waals surface area contributed by atoms with Gasteiger partial charge in [0.15, 0.2) is 0 Å². The minimum atomic E-state index is 0. The highest BCUT2D eigenvalue weighted by atomic mass is 16.5. The normalized spacial score (nSPS) is 21.9. The van der Waals surface area contributed by atoms with Gasteiger partial charge in [-0.25, -0.2) is 9.97 Å². The van der Waals surface area contributed by atoms with Crippen molar-refractivity contribution in [3.63, 3.8) is 0 Å². The number of hydrogen-bond acceptors (Lipinski definition) is 4. The van der Waals surface area contributed by atoms with Crippen LogP contribution in [0.2, 0.25) is 0 Å². The average molecular weight is 195 g/mol. The first-order valence-corrected chi connectivity index (χ1v) is 5.05. The van der Waals surface area contributed by atoms with E-state index in [0.29, 0.717) is 11.9 Å². The van der Waals surface area contributed by atoms with Gasteiger partial charge in [0.2, 0.25) is 0 Å². The third-order valence-corrected chi connectivity index (χ3v) is 2.39. The maximum atomic E-state index is 5.48. The van der Waals surface area contributed by atoms with Gasteiger partial charge in [0.05, 0.1) is 6.61 Å². The second kappa shape index (κ2) is 4.91. The molecule has 14 heavy (non-hydrogen) atoms. The van der Waals surface area contributed by atoms with Gasteiger partial charge in [0, 0.05) is 26.3 Å². The molecule has 1 N–H and O–H groups in total. The van der Waals surface area contributed by atoms with Crippen molar-refractivity contribution in [2.45, 2.75) is 12.8 Å². The van der Waals surface area contributed by atoms with Gasteiger partial charge in [-0.05, 0) is 25.5 Å². The van der Waals surface area contributed by atoms with Crippen LogP contribution in [-0.4, -0.2) is 29.7 Å². The molecule has 0 unspecified atom stereocenters. The van der Waals surface area contributed by atoms with Crippen molar-refractivity contribution in [2.24, 2.45) is 5.92 Å². The van der Waals surface area contributed by atoms with Crippen LogP contribution in [0.5, 0.6) is 6.01 Å². The first kappa shape index (κ1) is 9.40. The lowest BCUT2D eigenvalue weighted by molar-refractivity contribution is 0.205. The van der Waals surface area contributed by atoms with Crippen molar-refractivity contribution in [3.8, 4) is 6.01 Å². The molecule has 2 rings (SSSR count). The van der Waals surface area contributed by atoms with Gasteiger partial charge in [-0.1, -0.05) is 0 Å². The number of nitrogens with zero attached hydrogens (tertiary/aromatic N) is 2. The minimum Gasteiger partial charge on any atom is -0.463 e. The molecule has 0 aliphatic carbocycles. The maximum Gasteiger partial charge on any atom is 0.316 e. The van der Waals surface area contributed by atoms with Crippen LogP contribution >= 0.6 is 0 Å². The molecule has 1 aromatic heterocycles. The standard InChI is InChI=1S/C10H15N3O.H2/c1-3-9(7-11-4-1)8-14-10-12-5-2-6-13-10;/h2,5-6,9,11H,1,3-4,7-8H2;1H/t9-;/m1./s1. The van der Waals surface area contributed by atoms with Crippen molar-refractivity contribution >= 4 is 0 Å². The summed E-state index contributed by atoms with van der Waals surface area (Å²) in [5.41, 5.74) is 0. The van der Waals surface area contributed by atoms with E-state index in [0.717, 1.165) is 19.7 Å². The highest BCUT2D eigenvalue weighted by Crippen LogP contribution is 2.10. The zero-order valence-electron chi connectivity index (χ0n) is 8.15. The number of hydrogen-bond donors (Lipinski definition) is 1. The highest BCUT2D eigenvalue weighted by molar-refractivity contribution is 4.93. The van der Waals surface area contributed by atoms with E-state index in [-0.39, 0.29) is 1.43 Å². The van der Waals surface area contributed by atoms with Crippen LogP contribution in [0.15, 0.2) is 18.5 Å². The van der Waals surface area contributed by atoms with Crippen LogP contribution in [0.1, 0.15) is 14.3 Å². The van der Waals surface area contributed by atoms with Gasteiger partial charge < -0.3 is 10.1 Å². The van der Waals surface area contributed by atoms with E-state index in [1.165, 1.54) is 12.8 Å². The Morgan fingerprint density at radius 3 is 3.07 bits per heavy atom. The molecule has 4 heteroatoms. The zero-order chi connectivity index (χ0) is 9.64. The van der Waals surface area contributed by atoms with Gasteiger partial charge in [-0.15, -0.1) is 0 Å². The van der Waals surface area contributed by atoms with Crippen LogP contribution in [0.4, 0.5) is 0 Å².